The maximum absolute atomic E-state index is 5.58. The Kier molecular flexibility index (Phi) is 3.21. The quantitative estimate of drug-likeness (QED) is 0.869. The number of nitrogens with zero attached hydrogens (tertiary/aromatic N) is 1. The second kappa shape index (κ2) is 4.83. The second-order valence-electron chi connectivity index (χ2n) is 5.41. The molecule has 1 aromatic heterocycles. The normalized spacial score (nSPS) is 29.5. The maximum atomic E-state index is 5.58. The van der Waals surface area contributed by atoms with Crippen LogP contribution in [-0.2, 0) is 6.42 Å². The smallest absolute Gasteiger partial charge is 0.108 e. The van der Waals surface area contributed by atoms with E-state index in [9.17, 15) is 0 Å². The second-order valence-corrected chi connectivity index (χ2v) is 5.41. The van der Waals surface area contributed by atoms with Gasteiger partial charge >= 0.3 is 0 Å². The van der Waals surface area contributed by atoms with Gasteiger partial charge in [-0.2, -0.15) is 0 Å². The van der Waals surface area contributed by atoms with Crippen molar-refractivity contribution in [3.05, 3.63) is 23.7 Å². The van der Waals surface area contributed by atoms with Crippen molar-refractivity contribution in [2.24, 2.45) is 5.92 Å². The molecule has 2 atom stereocenters. The predicted molar refractivity (Wildman–Crippen MR) is 68.0 cm³/mol. The van der Waals surface area contributed by atoms with Crippen LogP contribution in [0.5, 0.6) is 0 Å². The van der Waals surface area contributed by atoms with Crippen molar-refractivity contribution < 1.29 is 4.42 Å². The minimum absolute atomic E-state index is 0.624. The summed E-state index contributed by atoms with van der Waals surface area (Å²) in [6, 6.07) is 2.81. The first-order chi connectivity index (χ1) is 8.38. The highest BCUT2D eigenvalue weighted by atomic mass is 16.3. The van der Waals surface area contributed by atoms with Crippen LogP contribution in [0.15, 0.2) is 16.7 Å². The lowest BCUT2D eigenvalue weighted by Gasteiger charge is -2.30. The molecule has 1 aromatic rings. The van der Waals surface area contributed by atoms with Crippen LogP contribution in [0, 0.1) is 5.92 Å². The van der Waals surface area contributed by atoms with Gasteiger partial charge in [0.05, 0.1) is 6.26 Å². The third-order valence-corrected chi connectivity index (χ3v) is 4.27. The largest absolute Gasteiger partial charge is 0.469 e. The monoisotopic (exact) mass is 234 g/mol. The molecule has 2 unspecified atom stereocenters. The molecule has 2 aliphatic rings. The van der Waals surface area contributed by atoms with Gasteiger partial charge in [-0.3, -0.25) is 4.90 Å². The van der Waals surface area contributed by atoms with Crippen LogP contribution in [0.2, 0.25) is 0 Å². The van der Waals surface area contributed by atoms with Gasteiger partial charge in [0.25, 0.3) is 0 Å². The van der Waals surface area contributed by atoms with E-state index in [-0.39, 0.29) is 0 Å². The fraction of sp³-hybridized carbons (Fsp3) is 0.714. The van der Waals surface area contributed by atoms with E-state index < -0.39 is 0 Å². The molecule has 1 saturated heterocycles. The average Bonchev–Trinajstić information content (AvgIpc) is 2.96. The van der Waals surface area contributed by atoms with Gasteiger partial charge in [0.15, 0.2) is 0 Å². The van der Waals surface area contributed by atoms with Crippen molar-refractivity contribution in [3.63, 3.8) is 0 Å². The molecule has 17 heavy (non-hydrogen) atoms. The summed E-state index contributed by atoms with van der Waals surface area (Å²) < 4.78 is 5.58. The molecule has 0 amide bonds. The van der Waals surface area contributed by atoms with Crippen molar-refractivity contribution in [1.82, 2.24) is 10.2 Å². The third kappa shape index (κ3) is 2.14. The summed E-state index contributed by atoms with van der Waals surface area (Å²) in [5.41, 5.74) is 1.46. The lowest BCUT2D eigenvalue weighted by atomic mass is 9.92. The predicted octanol–water partition coefficient (Wildman–Crippen LogP) is 2.20. The summed E-state index contributed by atoms with van der Waals surface area (Å²) in [6.45, 7) is 3.65. The molecule has 0 saturated carbocycles. The van der Waals surface area contributed by atoms with Gasteiger partial charge in [0.1, 0.15) is 5.76 Å². The molecule has 1 aliphatic heterocycles. The SMILES string of the molecule is CNCC1CCN(C2CCCc3occc32)C1. The average molecular weight is 234 g/mol. The molecule has 1 N–H and O–H groups in total. The van der Waals surface area contributed by atoms with E-state index in [1.165, 1.54) is 43.7 Å². The van der Waals surface area contributed by atoms with Crippen LogP contribution in [0.4, 0.5) is 0 Å². The molecular formula is C14H22N2O. The number of rotatable bonds is 3. The Hall–Kier alpha value is -0.800. The first-order valence-electron chi connectivity index (χ1n) is 6.83. The summed E-state index contributed by atoms with van der Waals surface area (Å²) in [5, 5.41) is 3.30. The molecule has 1 fully saturated rings. The van der Waals surface area contributed by atoms with Gasteiger partial charge in [-0.15, -0.1) is 0 Å². The molecule has 1 aliphatic carbocycles. The Bertz CT molecular complexity index is 374. The van der Waals surface area contributed by atoms with Crippen LogP contribution < -0.4 is 5.32 Å². The number of furan rings is 1. The molecule has 0 radical (unpaired) electrons. The zero-order valence-corrected chi connectivity index (χ0v) is 10.6. The summed E-state index contributed by atoms with van der Waals surface area (Å²) in [5.74, 6) is 2.07. The standard InChI is InChI=1S/C14H22N2O/c1-15-9-11-5-7-16(10-11)13-3-2-4-14-12(13)6-8-17-14/h6,8,11,13,15H,2-5,7,9-10H2,1H3. The van der Waals surface area contributed by atoms with E-state index in [1.807, 2.05) is 6.26 Å². The van der Waals surface area contributed by atoms with Crippen LogP contribution in [0.3, 0.4) is 0 Å². The minimum Gasteiger partial charge on any atom is -0.469 e. The third-order valence-electron chi connectivity index (χ3n) is 4.27. The molecule has 3 heteroatoms. The van der Waals surface area contributed by atoms with Gasteiger partial charge in [-0.05, 0) is 51.4 Å². The Balaban J connectivity index is 1.71. The first-order valence-corrected chi connectivity index (χ1v) is 6.83. The maximum Gasteiger partial charge on any atom is 0.108 e. The van der Waals surface area contributed by atoms with Crippen LogP contribution in [-0.4, -0.2) is 31.6 Å². The fourth-order valence-corrected chi connectivity index (χ4v) is 3.44. The molecular weight excluding hydrogens is 212 g/mol. The van der Waals surface area contributed by atoms with Crippen molar-refractivity contribution in [2.75, 3.05) is 26.7 Å². The number of nitrogens with one attached hydrogen (secondary N) is 1. The lowest BCUT2D eigenvalue weighted by molar-refractivity contribution is 0.208. The number of likely N-dealkylation sites (tertiary alicyclic amines) is 1. The van der Waals surface area contributed by atoms with Gasteiger partial charge in [0, 0.05) is 24.6 Å². The summed E-state index contributed by atoms with van der Waals surface area (Å²) >= 11 is 0. The highest BCUT2D eigenvalue weighted by molar-refractivity contribution is 5.24. The van der Waals surface area contributed by atoms with E-state index in [1.54, 1.807) is 0 Å². The van der Waals surface area contributed by atoms with Crippen LogP contribution >= 0.6 is 0 Å². The highest BCUT2D eigenvalue weighted by Gasteiger charge is 2.32. The summed E-state index contributed by atoms with van der Waals surface area (Å²) in [6.07, 6.45) is 6.92. The van der Waals surface area contributed by atoms with Crippen molar-refractivity contribution in [2.45, 2.75) is 31.7 Å². The number of fused-ring (bicyclic) bond motifs is 1. The number of hydrogen-bond acceptors (Lipinski definition) is 3. The summed E-state index contributed by atoms with van der Waals surface area (Å²) in [4.78, 5) is 2.66. The Morgan fingerprint density at radius 2 is 2.41 bits per heavy atom. The molecule has 3 nitrogen and oxygen atoms in total. The van der Waals surface area contributed by atoms with Crippen molar-refractivity contribution in [1.29, 1.82) is 0 Å². The van der Waals surface area contributed by atoms with E-state index >= 15 is 0 Å². The highest BCUT2D eigenvalue weighted by Crippen LogP contribution is 2.37. The zero-order valence-electron chi connectivity index (χ0n) is 10.6. The van der Waals surface area contributed by atoms with Gasteiger partial charge in [0.2, 0.25) is 0 Å². The van der Waals surface area contributed by atoms with Gasteiger partial charge in [-0.25, -0.2) is 0 Å². The van der Waals surface area contributed by atoms with Gasteiger partial charge in [-0.1, -0.05) is 0 Å². The van der Waals surface area contributed by atoms with Crippen molar-refractivity contribution >= 4 is 0 Å². The Labute approximate surface area is 103 Å². The van der Waals surface area contributed by atoms with E-state index in [2.05, 4.69) is 23.3 Å². The number of aryl methyl sites for hydroxylation is 1. The topological polar surface area (TPSA) is 28.4 Å². The van der Waals surface area contributed by atoms with E-state index in [4.69, 9.17) is 4.42 Å². The first kappa shape index (κ1) is 11.3. The lowest BCUT2D eigenvalue weighted by Crippen LogP contribution is -2.30. The van der Waals surface area contributed by atoms with E-state index in [0.717, 1.165) is 18.9 Å². The summed E-state index contributed by atoms with van der Waals surface area (Å²) in [7, 11) is 2.05. The van der Waals surface area contributed by atoms with Crippen LogP contribution in [0.1, 0.15) is 36.6 Å². The van der Waals surface area contributed by atoms with Crippen LogP contribution in [0.25, 0.3) is 0 Å². The fourth-order valence-electron chi connectivity index (χ4n) is 3.44. The number of hydrogen-bond donors (Lipinski definition) is 1. The molecule has 0 aromatic carbocycles. The zero-order chi connectivity index (χ0) is 11.7. The molecule has 3 rings (SSSR count). The molecule has 2 heterocycles. The van der Waals surface area contributed by atoms with Crippen molar-refractivity contribution in [3.8, 4) is 0 Å². The van der Waals surface area contributed by atoms with Gasteiger partial charge < -0.3 is 9.73 Å². The Morgan fingerprint density at radius 3 is 3.29 bits per heavy atom. The minimum atomic E-state index is 0.624. The molecule has 94 valence electrons. The molecule has 0 spiro atoms. The van der Waals surface area contributed by atoms with E-state index in [0.29, 0.717) is 6.04 Å². The molecule has 0 bridgehead atoms. The Morgan fingerprint density at radius 1 is 1.47 bits per heavy atom.